The first-order valence-electron chi connectivity index (χ1n) is 3.88. The van der Waals surface area contributed by atoms with Crippen molar-refractivity contribution in [1.82, 2.24) is 0 Å². The first-order chi connectivity index (χ1) is 4.93. The molecule has 1 aromatic carbocycles. The Bertz CT molecular complexity index is 169. The zero-order valence-electron chi connectivity index (χ0n) is 6.43. The second kappa shape index (κ2) is 6.90. The van der Waals surface area contributed by atoms with E-state index in [0.717, 1.165) is 0 Å². The molecule has 0 N–H and O–H groups in total. The Morgan fingerprint density at radius 1 is 1.27 bits per heavy atom. The van der Waals surface area contributed by atoms with Crippen LogP contribution in [0.4, 0.5) is 0 Å². The molecule has 1 radical (unpaired) electrons. The Hall–Kier alpha value is 0.220. The first kappa shape index (κ1) is 11.2. The second-order valence-electron chi connectivity index (χ2n) is 2.51. The van der Waals surface area contributed by atoms with Crippen LogP contribution in [0, 0.1) is 6.07 Å². The second-order valence-corrected chi connectivity index (χ2v) is 2.51. The molecular formula is C10H14Na. The molecule has 0 nitrogen and oxygen atoms in total. The Morgan fingerprint density at radius 2 is 1.91 bits per heavy atom. The van der Waals surface area contributed by atoms with E-state index in [-0.39, 0.29) is 29.6 Å². The minimum atomic E-state index is 0. The number of rotatable bonds is 3. The molecule has 1 heteroatoms. The van der Waals surface area contributed by atoms with Crippen LogP contribution in [-0.2, 0) is 6.42 Å². The molecule has 11 heavy (non-hydrogen) atoms. The Labute approximate surface area is 91.3 Å². The fourth-order valence-electron chi connectivity index (χ4n) is 0.969. The number of aryl methyl sites for hydroxylation is 1. The summed E-state index contributed by atoms with van der Waals surface area (Å²) in [5.74, 6) is 0. The fourth-order valence-corrected chi connectivity index (χ4v) is 0.969. The van der Waals surface area contributed by atoms with E-state index in [9.17, 15) is 0 Å². The molecule has 55 valence electrons. The first-order valence-corrected chi connectivity index (χ1v) is 3.88. The van der Waals surface area contributed by atoms with Crippen molar-refractivity contribution in [2.75, 3.05) is 0 Å². The van der Waals surface area contributed by atoms with Gasteiger partial charge in [0.1, 0.15) is 0 Å². The van der Waals surface area contributed by atoms with Gasteiger partial charge in [-0.3, -0.25) is 0 Å². The van der Waals surface area contributed by atoms with Gasteiger partial charge in [-0.1, -0.05) is 37.6 Å². The van der Waals surface area contributed by atoms with Gasteiger partial charge in [-0.25, -0.2) is 0 Å². The van der Waals surface area contributed by atoms with Crippen molar-refractivity contribution >= 4 is 29.6 Å². The van der Waals surface area contributed by atoms with Crippen molar-refractivity contribution in [3.8, 4) is 0 Å². The topological polar surface area (TPSA) is 0 Å². The van der Waals surface area contributed by atoms with Crippen molar-refractivity contribution in [2.45, 2.75) is 26.2 Å². The molecule has 0 fully saturated rings. The van der Waals surface area contributed by atoms with E-state index in [0.29, 0.717) is 0 Å². The molecule has 1 rings (SSSR count). The van der Waals surface area contributed by atoms with Gasteiger partial charge in [0, 0.05) is 0 Å². The van der Waals surface area contributed by atoms with Crippen molar-refractivity contribution in [3.63, 3.8) is 0 Å². The number of hydrogen-bond acceptors (Lipinski definition) is 0. The average molecular weight is 157 g/mol. The normalized spacial score (nSPS) is 8.82. The van der Waals surface area contributed by atoms with Gasteiger partial charge < -0.3 is 0 Å². The molecule has 0 aromatic heterocycles. The molecule has 0 heterocycles. The van der Waals surface area contributed by atoms with Crippen LogP contribution in [0.1, 0.15) is 25.3 Å². The number of unbranched alkanes of at least 4 members (excludes halogenated alkanes) is 1. The average Bonchev–Trinajstić information content (AvgIpc) is 2.03. The van der Waals surface area contributed by atoms with Crippen LogP contribution in [0.2, 0.25) is 0 Å². The molecule has 0 atom stereocenters. The minimum absolute atomic E-state index is 0. The summed E-state index contributed by atoms with van der Waals surface area (Å²) in [5.41, 5.74) is 1.43. The third kappa shape index (κ3) is 4.62. The molecule has 0 aliphatic heterocycles. The van der Waals surface area contributed by atoms with E-state index >= 15 is 0 Å². The third-order valence-corrected chi connectivity index (χ3v) is 1.61. The number of hydrogen-bond donors (Lipinski definition) is 0. The van der Waals surface area contributed by atoms with Crippen LogP contribution in [0.25, 0.3) is 0 Å². The monoisotopic (exact) mass is 157 g/mol. The van der Waals surface area contributed by atoms with Crippen molar-refractivity contribution < 1.29 is 0 Å². The molecule has 0 bridgehead atoms. The van der Waals surface area contributed by atoms with Crippen LogP contribution in [0.15, 0.2) is 24.3 Å². The summed E-state index contributed by atoms with van der Waals surface area (Å²) in [6, 6.07) is 11.2. The molecule has 0 aliphatic carbocycles. The van der Waals surface area contributed by atoms with Crippen molar-refractivity contribution in [1.29, 1.82) is 0 Å². The molecule has 0 saturated heterocycles. The van der Waals surface area contributed by atoms with Gasteiger partial charge in [0.2, 0.25) is 0 Å². The van der Waals surface area contributed by atoms with E-state index in [1.165, 1.54) is 24.8 Å². The van der Waals surface area contributed by atoms with Gasteiger partial charge in [0.05, 0.1) is 0 Å². The van der Waals surface area contributed by atoms with Gasteiger partial charge in [0.25, 0.3) is 0 Å². The van der Waals surface area contributed by atoms with Crippen LogP contribution in [0.5, 0.6) is 0 Å². The Balaban J connectivity index is 0.000001000. The zero-order valence-corrected chi connectivity index (χ0v) is 6.43. The van der Waals surface area contributed by atoms with Crippen LogP contribution >= 0.6 is 0 Å². The summed E-state index contributed by atoms with van der Waals surface area (Å²) in [6.45, 7) is 2.22. The molecular weight excluding hydrogens is 143 g/mol. The molecule has 0 saturated carbocycles. The van der Waals surface area contributed by atoms with Crippen LogP contribution in [0.3, 0.4) is 0 Å². The van der Waals surface area contributed by atoms with E-state index in [2.05, 4.69) is 25.1 Å². The quantitative estimate of drug-likeness (QED) is 0.590. The Kier molecular flexibility index (Phi) is 7.04. The predicted octanol–water partition coefficient (Wildman–Crippen LogP) is 2.18. The van der Waals surface area contributed by atoms with Gasteiger partial charge in [-0.05, 0) is 24.5 Å². The summed E-state index contributed by atoms with van der Waals surface area (Å²) in [4.78, 5) is 0. The van der Waals surface area contributed by atoms with Crippen LogP contribution < -0.4 is 0 Å². The molecule has 0 unspecified atom stereocenters. The van der Waals surface area contributed by atoms with Gasteiger partial charge in [-0.15, -0.1) is 0 Å². The summed E-state index contributed by atoms with van der Waals surface area (Å²) < 4.78 is 0. The Morgan fingerprint density at radius 3 is 2.45 bits per heavy atom. The van der Waals surface area contributed by atoms with E-state index < -0.39 is 0 Å². The summed E-state index contributed by atoms with van der Waals surface area (Å²) in [7, 11) is 0. The van der Waals surface area contributed by atoms with Gasteiger partial charge >= 0.3 is 29.6 Å². The zero-order chi connectivity index (χ0) is 7.23. The summed E-state index contributed by atoms with van der Waals surface area (Å²) in [6.07, 6.45) is 3.79. The molecule has 0 amide bonds. The maximum absolute atomic E-state index is 3.01. The standard InChI is InChI=1S/C10H13.Na.H/c1-2-3-7-10-8-5-4-6-9-10;;/h5-6,8-9H,2-3,7H2,1H3;;. The SMILES string of the molecule is CCCCc1cc[c]cc1.[NaH]. The molecule has 1 aromatic rings. The molecule has 0 aliphatic rings. The summed E-state index contributed by atoms with van der Waals surface area (Å²) >= 11 is 0. The van der Waals surface area contributed by atoms with E-state index in [1.54, 1.807) is 0 Å². The third-order valence-electron chi connectivity index (χ3n) is 1.61. The predicted molar refractivity (Wildman–Crippen MR) is 51.0 cm³/mol. The molecule has 0 spiro atoms. The van der Waals surface area contributed by atoms with Crippen molar-refractivity contribution in [3.05, 3.63) is 35.9 Å². The van der Waals surface area contributed by atoms with E-state index in [4.69, 9.17) is 0 Å². The van der Waals surface area contributed by atoms with Crippen LogP contribution in [-0.4, -0.2) is 29.6 Å². The van der Waals surface area contributed by atoms with E-state index in [1.807, 2.05) is 12.1 Å². The maximum atomic E-state index is 3.01. The number of benzene rings is 1. The summed E-state index contributed by atoms with van der Waals surface area (Å²) in [5, 5.41) is 0. The van der Waals surface area contributed by atoms with Gasteiger partial charge in [-0.2, -0.15) is 0 Å². The van der Waals surface area contributed by atoms with Crippen molar-refractivity contribution in [2.24, 2.45) is 0 Å². The van der Waals surface area contributed by atoms with Gasteiger partial charge in [0.15, 0.2) is 0 Å². The fraction of sp³-hybridized carbons (Fsp3) is 0.400.